The summed E-state index contributed by atoms with van der Waals surface area (Å²) in [6, 6.07) is 9.48. The van der Waals surface area contributed by atoms with Gasteiger partial charge in [0.1, 0.15) is 17.4 Å². The van der Waals surface area contributed by atoms with Crippen LogP contribution in [0.25, 0.3) is 0 Å². The third kappa shape index (κ3) is 5.27. The highest BCUT2D eigenvalue weighted by Crippen LogP contribution is 2.16. The summed E-state index contributed by atoms with van der Waals surface area (Å²) in [6.45, 7) is 2.18. The van der Waals surface area contributed by atoms with Crippen molar-refractivity contribution in [2.45, 2.75) is 13.3 Å². The fourth-order valence-electron chi connectivity index (χ4n) is 2.40. The number of benzene rings is 2. The molecular weight excluding hydrogens is 344 g/mol. The van der Waals surface area contributed by atoms with Crippen molar-refractivity contribution in [3.05, 3.63) is 65.2 Å². The minimum absolute atomic E-state index is 0.174. The Bertz CT molecular complexity index is 778. The molecule has 138 valence electrons. The molecule has 2 aromatic carbocycles. The maximum absolute atomic E-state index is 13.6. The number of nitrogens with one attached hydrogen (secondary N) is 1. The van der Waals surface area contributed by atoms with Crippen molar-refractivity contribution < 1.29 is 28.2 Å². The highest BCUT2D eigenvalue weighted by Gasteiger charge is 2.21. The number of ether oxygens (including phenoxy) is 1. The van der Waals surface area contributed by atoms with Crippen LogP contribution in [0.3, 0.4) is 0 Å². The summed E-state index contributed by atoms with van der Waals surface area (Å²) >= 11 is 0. The summed E-state index contributed by atoms with van der Waals surface area (Å²) in [6.07, 6.45) is 0.174. The van der Waals surface area contributed by atoms with E-state index in [0.717, 1.165) is 23.8 Å². The van der Waals surface area contributed by atoms with E-state index in [4.69, 9.17) is 4.74 Å². The van der Waals surface area contributed by atoms with Crippen molar-refractivity contribution in [2.75, 3.05) is 13.2 Å². The highest BCUT2D eigenvalue weighted by atomic mass is 19.1. The van der Waals surface area contributed by atoms with E-state index in [9.17, 15) is 23.5 Å². The van der Waals surface area contributed by atoms with Crippen molar-refractivity contribution in [3.63, 3.8) is 0 Å². The van der Waals surface area contributed by atoms with Crippen LogP contribution in [0.15, 0.2) is 42.5 Å². The minimum Gasteiger partial charge on any atom is -0.494 e. The first-order valence-corrected chi connectivity index (χ1v) is 8.08. The average molecular weight is 363 g/mol. The summed E-state index contributed by atoms with van der Waals surface area (Å²) in [4.78, 5) is 23.4. The van der Waals surface area contributed by atoms with E-state index in [1.807, 2.05) is 6.92 Å². The van der Waals surface area contributed by atoms with E-state index >= 15 is 0 Å². The van der Waals surface area contributed by atoms with Gasteiger partial charge < -0.3 is 15.2 Å². The molecule has 0 saturated carbocycles. The predicted octanol–water partition coefficient (Wildman–Crippen LogP) is 3.04. The van der Waals surface area contributed by atoms with E-state index in [0.29, 0.717) is 12.4 Å². The zero-order chi connectivity index (χ0) is 19.1. The van der Waals surface area contributed by atoms with Crippen molar-refractivity contribution in [1.82, 2.24) is 5.32 Å². The maximum Gasteiger partial charge on any atom is 0.308 e. The van der Waals surface area contributed by atoms with E-state index in [1.165, 1.54) is 0 Å². The smallest absolute Gasteiger partial charge is 0.308 e. The molecule has 7 heteroatoms. The number of carboxylic acids is 1. The molecule has 0 aliphatic carbocycles. The number of carbonyl (C=O) groups excluding carboxylic acids is 1. The molecule has 0 heterocycles. The van der Waals surface area contributed by atoms with Crippen LogP contribution < -0.4 is 10.1 Å². The summed E-state index contributed by atoms with van der Waals surface area (Å²) in [5.74, 6) is -3.81. The van der Waals surface area contributed by atoms with Gasteiger partial charge >= 0.3 is 5.97 Å². The third-order valence-corrected chi connectivity index (χ3v) is 3.75. The van der Waals surface area contributed by atoms with Crippen LogP contribution in [0.2, 0.25) is 0 Å². The average Bonchev–Trinajstić information content (AvgIpc) is 2.61. The molecule has 5 nitrogen and oxygen atoms in total. The summed E-state index contributed by atoms with van der Waals surface area (Å²) in [7, 11) is 0. The second-order valence-electron chi connectivity index (χ2n) is 5.65. The standard InChI is InChI=1S/C19H19F2NO4/c1-2-26-15-6-3-12(4-7-15)9-13(19(24)25)11-22-18(23)16-10-14(20)5-8-17(16)21/h3-8,10,13H,2,9,11H2,1H3,(H,22,23)(H,24,25). The van der Waals surface area contributed by atoms with Crippen LogP contribution in [-0.4, -0.2) is 30.1 Å². The van der Waals surface area contributed by atoms with Crippen LogP contribution in [0.5, 0.6) is 5.75 Å². The molecule has 26 heavy (non-hydrogen) atoms. The van der Waals surface area contributed by atoms with Crippen molar-refractivity contribution in [2.24, 2.45) is 5.92 Å². The number of hydrogen-bond acceptors (Lipinski definition) is 3. The molecule has 1 atom stereocenters. The van der Waals surface area contributed by atoms with Gasteiger partial charge in [-0.2, -0.15) is 0 Å². The predicted molar refractivity (Wildman–Crippen MR) is 91.1 cm³/mol. The number of hydrogen-bond donors (Lipinski definition) is 2. The Morgan fingerprint density at radius 2 is 1.85 bits per heavy atom. The number of carbonyl (C=O) groups is 2. The Morgan fingerprint density at radius 1 is 1.15 bits per heavy atom. The molecule has 2 N–H and O–H groups in total. The number of rotatable bonds is 8. The lowest BCUT2D eigenvalue weighted by Gasteiger charge is -2.14. The molecule has 0 aliphatic heterocycles. The van der Waals surface area contributed by atoms with Crippen LogP contribution in [0.1, 0.15) is 22.8 Å². The second kappa shape index (κ2) is 8.94. The molecule has 1 unspecified atom stereocenters. The van der Waals surface area contributed by atoms with Crippen LogP contribution in [-0.2, 0) is 11.2 Å². The SMILES string of the molecule is CCOc1ccc(CC(CNC(=O)c2cc(F)ccc2F)C(=O)O)cc1. The zero-order valence-electron chi connectivity index (χ0n) is 14.2. The van der Waals surface area contributed by atoms with Gasteiger partial charge in [-0.1, -0.05) is 12.1 Å². The van der Waals surface area contributed by atoms with Crippen LogP contribution in [0.4, 0.5) is 8.78 Å². The first-order valence-electron chi connectivity index (χ1n) is 8.08. The van der Waals surface area contributed by atoms with E-state index < -0.39 is 35.0 Å². The lowest BCUT2D eigenvalue weighted by molar-refractivity contribution is -0.141. The van der Waals surface area contributed by atoms with E-state index in [-0.39, 0.29) is 13.0 Å². The van der Waals surface area contributed by atoms with Gasteiger partial charge in [0, 0.05) is 6.54 Å². The molecule has 2 aromatic rings. The van der Waals surface area contributed by atoms with Gasteiger partial charge in [0.2, 0.25) is 0 Å². The van der Waals surface area contributed by atoms with E-state index in [1.54, 1.807) is 24.3 Å². The molecule has 0 spiro atoms. The molecule has 0 fully saturated rings. The fourth-order valence-corrected chi connectivity index (χ4v) is 2.40. The lowest BCUT2D eigenvalue weighted by Crippen LogP contribution is -2.34. The Hall–Kier alpha value is -2.96. The van der Waals surface area contributed by atoms with Gasteiger partial charge in [-0.3, -0.25) is 9.59 Å². The van der Waals surface area contributed by atoms with Crippen molar-refractivity contribution >= 4 is 11.9 Å². The van der Waals surface area contributed by atoms with Crippen molar-refractivity contribution in [3.8, 4) is 5.75 Å². The normalized spacial score (nSPS) is 11.7. The second-order valence-corrected chi connectivity index (χ2v) is 5.65. The summed E-state index contributed by atoms with van der Waals surface area (Å²) < 4.78 is 32.1. The number of halogens is 2. The number of aliphatic carboxylic acids is 1. The molecule has 0 radical (unpaired) electrons. The minimum atomic E-state index is -1.10. The lowest BCUT2D eigenvalue weighted by atomic mass is 9.99. The first kappa shape index (κ1) is 19.4. The summed E-state index contributed by atoms with van der Waals surface area (Å²) in [5, 5.41) is 11.7. The van der Waals surface area contributed by atoms with Crippen LogP contribution in [0, 0.1) is 17.6 Å². The van der Waals surface area contributed by atoms with Gasteiger partial charge in [0.25, 0.3) is 5.91 Å². The Kier molecular flexibility index (Phi) is 6.66. The van der Waals surface area contributed by atoms with Gasteiger partial charge in [-0.25, -0.2) is 8.78 Å². The summed E-state index contributed by atoms with van der Waals surface area (Å²) in [5.41, 5.74) is 0.294. The van der Waals surface area contributed by atoms with Gasteiger partial charge in [0.05, 0.1) is 18.1 Å². The van der Waals surface area contributed by atoms with E-state index in [2.05, 4.69) is 5.32 Å². The maximum atomic E-state index is 13.6. The van der Waals surface area contributed by atoms with Crippen molar-refractivity contribution in [1.29, 1.82) is 0 Å². The van der Waals surface area contributed by atoms with Crippen LogP contribution >= 0.6 is 0 Å². The molecule has 1 amide bonds. The largest absolute Gasteiger partial charge is 0.494 e. The molecule has 2 rings (SSSR count). The number of amides is 1. The molecular formula is C19H19F2NO4. The molecule has 0 aliphatic rings. The topological polar surface area (TPSA) is 75.6 Å². The zero-order valence-corrected chi connectivity index (χ0v) is 14.2. The highest BCUT2D eigenvalue weighted by molar-refractivity contribution is 5.94. The Balaban J connectivity index is 2.00. The molecule has 0 aromatic heterocycles. The first-order chi connectivity index (χ1) is 12.4. The van der Waals surface area contributed by atoms with Gasteiger partial charge in [0.15, 0.2) is 0 Å². The monoisotopic (exact) mass is 363 g/mol. The van der Waals surface area contributed by atoms with Gasteiger partial charge in [-0.15, -0.1) is 0 Å². The number of carboxylic acid groups (broad SMARTS) is 1. The molecule has 0 bridgehead atoms. The Labute approximate surface area is 149 Å². The van der Waals surface area contributed by atoms with Gasteiger partial charge in [-0.05, 0) is 49.2 Å². The third-order valence-electron chi connectivity index (χ3n) is 3.75. The molecule has 0 saturated heterocycles. The Morgan fingerprint density at radius 3 is 2.46 bits per heavy atom. The fraction of sp³-hybridized carbons (Fsp3) is 0.263. The quantitative estimate of drug-likeness (QED) is 0.756.